The standard InChI is InChI=1S/C11H11N3O/c1-8-4-2-3-5-9(8)10(15)14-11-12-6-7-13-11/h2-7H,1H3,(H2,12,13,14,15). The molecule has 1 aromatic heterocycles. The molecule has 0 aliphatic rings. The zero-order valence-corrected chi connectivity index (χ0v) is 8.32. The summed E-state index contributed by atoms with van der Waals surface area (Å²) in [4.78, 5) is 18.5. The lowest BCUT2D eigenvalue weighted by Crippen LogP contribution is -2.14. The Bertz CT molecular complexity index is 462. The molecular weight excluding hydrogens is 190 g/mol. The van der Waals surface area contributed by atoms with Crippen molar-refractivity contribution < 1.29 is 4.79 Å². The molecule has 0 radical (unpaired) electrons. The molecule has 2 rings (SSSR count). The SMILES string of the molecule is Cc1ccccc1C(=O)Nc1ncc[nH]1. The van der Waals surface area contributed by atoms with E-state index in [4.69, 9.17) is 0 Å². The molecule has 76 valence electrons. The summed E-state index contributed by atoms with van der Waals surface area (Å²) >= 11 is 0. The lowest BCUT2D eigenvalue weighted by atomic mass is 10.1. The van der Waals surface area contributed by atoms with Crippen molar-refractivity contribution in [1.29, 1.82) is 0 Å². The Kier molecular flexibility index (Phi) is 2.49. The highest BCUT2D eigenvalue weighted by Gasteiger charge is 2.08. The molecule has 2 aromatic rings. The summed E-state index contributed by atoms with van der Waals surface area (Å²) in [7, 11) is 0. The third-order valence-electron chi connectivity index (χ3n) is 2.12. The number of aromatic amines is 1. The Morgan fingerprint density at radius 3 is 2.87 bits per heavy atom. The van der Waals surface area contributed by atoms with Gasteiger partial charge in [-0.1, -0.05) is 18.2 Å². The number of carbonyl (C=O) groups is 1. The van der Waals surface area contributed by atoms with Crippen molar-refractivity contribution in [3.8, 4) is 0 Å². The number of anilines is 1. The summed E-state index contributed by atoms with van der Waals surface area (Å²) in [5.74, 6) is 0.311. The zero-order valence-electron chi connectivity index (χ0n) is 8.32. The van der Waals surface area contributed by atoms with E-state index < -0.39 is 0 Å². The molecule has 0 saturated heterocycles. The molecule has 0 fully saturated rings. The van der Waals surface area contributed by atoms with Crippen LogP contribution >= 0.6 is 0 Å². The molecule has 0 unspecified atom stereocenters. The van der Waals surface area contributed by atoms with E-state index in [0.29, 0.717) is 11.5 Å². The number of carbonyl (C=O) groups excluding carboxylic acids is 1. The normalized spacial score (nSPS) is 9.93. The number of aryl methyl sites for hydroxylation is 1. The van der Waals surface area contributed by atoms with Crippen LogP contribution in [0.2, 0.25) is 0 Å². The first kappa shape index (κ1) is 9.45. The Morgan fingerprint density at radius 1 is 1.40 bits per heavy atom. The average Bonchev–Trinajstić information content (AvgIpc) is 2.71. The van der Waals surface area contributed by atoms with Gasteiger partial charge in [-0.25, -0.2) is 4.98 Å². The molecule has 2 N–H and O–H groups in total. The van der Waals surface area contributed by atoms with E-state index >= 15 is 0 Å². The number of nitrogens with one attached hydrogen (secondary N) is 2. The van der Waals surface area contributed by atoms with Crippen LogP contribution in [0, 0.1) is 6.92 Å². The summed E-state index contributed by atoms with van der Waals surface area (Å²) < 4.78 is 0. The number of aromatic nitrogens is 2. The molecule has 15 heavy (non-hydrogen) atoms. The maximum Gasteiger partial charge on any atom is 0.258 e. The van der Waals surface area contributed by atoms with Crippen LogP contribution in [0.5, 0.6) is 0 Å². The third-order valence-corrected chi connectivity index (χ3v) is 2.12. The van der Waals surface area contributed by atoms with E-state index in [1.54, 1.807) is 18.5 Å². The van der Waals surface area contributed by atoms with Gasteiger partial charge in [0, 0.05) is 18.0 Å². The second kappa shape index (κ2) is 3.96. The number of rotatable bonds is 2. The molecule has 1 aromatic carbocycles. The monoisotopic (exact) mass is 201 g/mol. The molecule has 0 aliphatic carbocycles. The number of hydrogen-bond donors (Lipinski definition) is 2. The minimum atomic E-state index is -0.150. The van der Waals surface area contributed by atoms with E-state index in [9.17, 15) is 4.79 Å². The Morgan fingerprint density at radius 2 is 2.20 bits per heavy atom. The summed E-state index contributed by atoms with van der Waals surface area (Å²) in [6.07, 6.45) is 3.25. The Balaban J connectivity index is 2.19. The maximum absolute atomic E-state index is 11.8. The fourth-order valence-corrected chi connectivity index (χ4v) is 1.34. The molecule has 0 aliphatic heterocycles. The van der Waals surface area contributed by atoms with Crippen LogP contribution in [-0.2, 0) is 0 Å². The van der Waals surface area contributed by atoms with E-state index in [2.05, 4.69) is 15.3 Å². The minimum Gasteiger partial charge on any atom is -0.331 e. The van der Waals surface area contributed by atoms with Gasteiger partial charge in [0.2, 0.25) is 5.95 Å². The quantitative estimate of drug-likeness (QED) is 0.780. The van der Waals surface area contributed by atoms with Gasteiger partial charge in [-0.15, -0.1) is 0 Å². The van der Waals surface area contributed by atoms with E-state index in [1.165, 1.54) is 0 Å². The van der Waals surface area contributed by atoms with Crippen molar-refractivity contribution in [2.75, 3.05) is 5.32 Å². The number of benzene rings is 1. The van der Waals surface area contributed by atoms with E-state index in [1.807, 2.05) is 25.1 Å². The van der Waals surface area contributed by atoms with Gasteiger partial charge in [0.05, 0.1) is 0 Å². The predicted octanol–water partition coefficient (Wildman–Crippen LogP) is 1.97. The molecule has 1 heterocycles. The van der Waals surface area contributed by atoms with Gasteiger partial charge in [0.15, 0.2) is 0 Å². The fourth-order valence-electron chi connectivity index (χ4n) is 1.34. The first-order valence-corrected chi connectivity index (χ1v) is 4.64. The second-order valence-corrected chi connectivity index (χ2v) is 3.21. The van der Waals surface area contributed by atoms with Crippen LogP contribution in [-0.4, -0.2) is 15.9 Å². The molecule has 4 heteroatoms. The molecule has 0 bridgehead atoms. The molecule has 4 nitrogen and oxygen atoms in total. The zero-order chi connectivity index (χ0) is 10.7. The summed E-state index contributed by atoms with van der Waals surface area (Å²) in [5, 5.41) is 2.67. The van der Waals surface area contributed by atoms with Gasteiger partial charge < -0.3 is 4.98 Å². The number of H-pyrrole nitrogens is 1. The van der Waals surface area contributed by atoms with Crippen LogP contribution in [0.15, 0.2) is 36.7 Å². The summed E-state index contributed by atoms with van der Waals surface area (Å²) in [6, 6.07) is 7.42. The second-order valence-electron chi connectivity index (χ2n) is 3.21. The van der Waals surface area contributed by atoms with Crippen LogP contribution in [0.1, 0.15) is 15.9 Å². The minimum absolute atomic E-state index is 0.150. The fraction of sp³-hybridized carbons (Fsp3) is 0.0909. The largest absolute Gasteiger partial charge is 0.331 e. The van der Waals surface area contributed by atoms with Gasteiger partial charge in [0.25, 0.3) is 5.91 Å². The smallest absolute Gasteiger partial charge is 0.258 e. The highest BCUT2D eigenvalue weighted by Crippen LogP contribution is 2.08. The van der Waals surface area contributed by atoms with Gasteiger partial charge in [-0.3, -0.25) is 10.1 Å². The highest BCUT2D eigenvalue weighted by molar-refractivity contribution is 6.04. The first-order valence-electron chi connectivity index (χ1n) is 4.64. The van der Waals surface area contributed by atoms with Crippen molar-refractivity contribution >= 4 is 11.9 Å². The Hall–Kier alpha value is -2.10. The van der Waals surface area contributed by atoms with Gasteiger partial charge in [-0.05, 0) is 18.6 Å². The van der Waals surface area contributed by atoms with Gasteiger partial charge >= 0.3 is 0 Å². The lowest BCUT2D eigenvalue weighted by Gasteiger charge is -2.04. The highest BCUT2D eigenvalue weighted by atomic mass is 16.1. The van der Waals surface area contributed by atoms with Crippen LogP contribution in [0.4, 0.5) is 5.95 Å². The average molecular weight is 201 g/mol. The molecule has 0 saturated carbocycles. The van der Waals surface area contributed by atoms with Gasteiger partial charge in [0.1, 0.15) is 0 Å². The van der Waals surface area contributed by atoms with Crippen molar-refractivity contribution in [1.82, 2.24) is 9.97 Å². The summed E-state index contributed by atoms with van der Waals surface area (Å²) in [5.41, 5.74) is 1.61. The third kappa shape index (κ3) is 2.04. The van der Waals surface area contributed by atoms with Crippen molar-refractivity contribution in [3.05, 3.63) is 47.8 Å². The van der Waals surface area contributed by atoms with Crippen LogP contribution in [0.25, 0.3) is 0 Å². The summed E-state index contributed by atoms with van der Waals surface area (Å²) in [6.45, 7) is 1.90. The molecule has 0 spiro atoms. The van der Waals surface area contributed by atoms with E-state index in [-0.39, 0.29) is 5.91 Å². The number of hydrogen-bond acceptors (Lipinski definition) is 2. The van der Waals surface area contributed by atoms with E-state index in [0.717, 1.165) is 5.56 Å². The topological polar surface area (TPSA) is 57.8 Å². The molecular formula is C11H11N3O. The predicted molar refractivity (Wildman–Crippen MR) is 57.7 cm³/mol. The van der Waals surface area contributed by atoms with Crippen molar-refractivity contribution in [2.24, 2.45) is 0 Å². The van der Waals surface area contributed by atoms with Crippen molar-refractivity contribution in [2.45, 2.75) is 6.92 Å². The Labute approximate surface area is 87.4 Å². The molecule has 0 atom stereocenters. The van der Waals surface area contributed by atoms with Crippen LogP contribution < -0.4 is 5.32 Å². The number of amides is 1. The number of nitrogens with zero attached hydrogens (tertiary/aromatic N) is 1. The van der Waals surface area contributed by atoms with Gasteiger partial charge in [-0.2, -0.15) is 0 Å². The molecule has 1 amide bonds. The van der Waals surface area contributed by atoms with Crippen molar-refractivity contribution in [3.63, 3.8) is 0 Å². The first-order chi connectivity index (χ1) is 7.27. The maximum atomic E-state index is 11.8. The number of imidazole rings is 1. The van der Waals surface area contributed by atoms with Crippen LogP contribution in [0.3, 0.4) is 0 Å². The lowest BCUT2D eigenvalue weighted by molar-refractivity contribution is 0.102.